The number of hydrogen-bond acceptors (Lipinski definition) is 4. The van der Waals surface area contributed by atoms with Crippen LogP contribution in [0.1, 0.15) is 10.5 Å². The molecular weight excluding hydrogens is 310 g/mol. The van der Waals surface area contributed by atoms with Crippen LogP contribution in [0, 0.1) is 0 Å². The number of benzene rings is 2. The van der Waals surface area contributed by atoms with Crippen molar-refractivity contribution in [1.29, 1.82) is 0 Å². The standard InChI is InChI=1S/C17H11N3O2S/c21-16(22)13-10-14(11-6-2-1-3-7-11)20(19-13)17-18-12-8-4-5-9-15(12)23-17/h1-10H,(H,21,22). The van der Waals surface area contributed by atoms with E-state index in [0.717, 1.165) is 15.8 Å². The van der Waals surface area contributed by atoms with E-state index in [1.54, 1.807) is 10.7 Å². The number of aromatic nitrogens is 3. The molecule has 1 N–H and O–H groups in total. The van der Waals surface area contributed by atoms with Gasteiger partial charge in [0.2, 0.25) is 5.13 Å². The number of para-hydroxylation sites is 1. The molecule has 4 rings (SSSR count). The van der Waals surface area contributed by atoms with E-state index in [1.807, 2.05) is 54.6 Å². The Kier molecular flexibility index (Phi) is 3.17. The summed E-state index contributed by atoms with van der Waals surface area (Å²) in [5, 5.41) is 14.1. The number of carboxylic acid groups (broad SMARTS) is 1. The van der Waals surface area contributed by atoms with Gasteiger partial charge in [0.05, 0.1) is 15.9 Å². The molecule has 2 aromatic heterocycles. The first-order valence-corrected chi connectivity index (χ1v) is 7.79. The highest BCUT2D eigenvalue weighted by atomic mass is 32.1. The molecule has 0 amide bonds. The first-order chi connectivity index (χ1) is 11.2. The number of nitrogens with zero attached hydrogens (tertiary/aromatic N) is 3. The molecule has 0 bridgehead atoms. The van der Waals surface area contributed by atoms with E-state index in [9.17, 15) is 9.90 Å². The lowest BCUT2D eigenvalue weighted by Crippen LogP contribution is -2.01. The molecule has 0 atom stereocenters. The molecule has 0 aliphatic carbocycles. The quantitative estimate of drug-likeness (QED) is 0.622. The highest BCUT2D eigenvalue weighted by Gasteiger charge is 2.18. The molecule has 0 unspecified atom stereocenters. The lowest BCUT2D eigenvalue weighted by atomic mass is 10.1. The van der Waals surface area contributed by atoms with E-state index < -0.39 is 5.97 Å². The van der Waals surface area contributed by atoms with Gasteiger partial charge in [-0.15, -0.1) is 0 Å². The van der Waals surface area contributed by atoms with Gasteiger partial charge in [-0.3, -0.25) is 0 Å². The fourth-order valence-corrected chi connectivity index (χ4v) is 3.33. The smallest absolute Gasteiger partial charge is 0.356 e. The minimum Gasteiger partial charge on any atom is -0.476 e. The van der Waals surface area contributed by atoms with Crippen molar-refractivity contribution >= 4 is 27.5 Å². The molecule has 2 heterocycles. The Balaban J connectivity index is 1.94. The predicted octanol–water partition coefficient (Wildman–Crippen LogP) is 3.85. The average molecular weight is 321 g/mol. The van der Waals surface area contributed by atoms with Crippen molar-refractivity contribution in [1.82, 2.24) is 14.8 Å². The highest BCUT2D eigenvalue weighted by molar-refractivity contribution is 7.20. The Morgan fingerprint density at radius 3 is 2.52 bits per heavy atom. The first-order valence-electron chi connectivity index (χ1n) is 6.97. The normalized spacial score (nSPS) is 11.0. The lowest BCUT2D eigenvalue weighted by Gasteiger charge is -2.03. The Hall–Kier alpha value is -2.99. The Morgan fingerprint density at radius 2 is 1.78 bits per heavy atom. The van der Waals surface area contributed by atoms with Gasteiger partial charge in [-0.2, -0.15) is 5.10 Å². The fourth-order valence-electron chi connectivity index (χ4n) is 2.40. The Morgan fingerprint density at radius 1 is 1.04 bits per heavy atom. The second-order valence-corrected chi connectivity index (χ2v) is 5.97. The molecule has 0 aliphatic heterocycles. The van der Waals surface area contributed by atoms with Gasteiger partial charge in [0.25, 0.3) is 0 Å². The van der Waals surface area contributed by atoms with E-state index in [2.05, 4.69) is 10.1 Å². The maximum Gasteiger partial charge on any atom is 0.356 e. The average Bonchev–Trinajstić information content (AvgIpc) is 3.19. The van der Waals surface area contributed by atoms with Crippen LogP contribution in [0.5, 0.6) is 0 Å². The third-order valence-electron chi connectivity index (χ3n) is 3.46. The van der Waals surface area contributed by atoms with Gasteiger partial charge < -0.3 is 5.11 Å². The molecule has 0 spiro atoms. The summed E-state index contributed by atoms with van der Waals surface area (Å²) in [5.41, 5.74) is 2.48. The molecule has 2 aromatic carbocycles. The zero-order chi connectivity index (χ0) is 15.8. The van der Waals surface area contributed by atoms with Gasteiger partial charge in [0, 0.05) is 5.56 Å². The number of fused-ring (bicyclic) bond motifs is 1. The van der Waals surface area contributed by atoms with E-state index in [1.165, 1.54) is 11.3 Å². The van der Waals surface area contributed by atoms with Gasteiger partial charge in [-0.25, -0.2) is 14.5 Å². The topological polar surface area (TPSA) is 68.0 Å². The summed E-state index contributed by atoms with van der Waals surface area (Å²) in [5.74, 6) is -1.05. The SMILES string of the molecule is O=C(O)c1cc(-c2ccccc2)n(-c2nc3ccccc3s2)n1. The maximum atomic E-state index is 11.3. The third-order valence-corrected chi connectivity index (χ3v) is 4.47. The summed E-state index contributed by atoms with van der Waals surface area (Å²) in [6, 6.07) is 18.9. The maximum absolute atomic E-state index is 11.3. The summed E-state index contributed by atoms with van der Waals surface area (Å²) in [6.45, 7) is 0. The number of aromatic carboxylic acids is 1. The van der Waals surface area contributed by atoms with E-state index >= 15 is 0 Å². The van der Waals surface area contributed by atoms with E-state index in [-0.39, 0.29) is 5.69 Å². The number of carboxylic acids is 1. The van der Waals surface area contributed by atoms with Crippen molar-refractivity contribution in [3.63, 3.8) is 0 Å². The highest BCUT2D eigenvalue weighted by Crippen LogP contribution is 2.29. The van der Waals surface area contributed by atoms with Gasteiger partial charge in [-0.1, -0.05) is 53.8 Å². The second kappa shape index (κ2) is 5.33. The van der Waals surface area contributed by atoms with Gasteiger partial charge in [0.1, 0.15) is 0 Å². The first kappa shape index (κ1) is 13.7. The van der Waals surface area contributed by atoms with Crippen molar-refractivity contribution in [2.75, 3.05) is 0 Å². The van der Waals surface area contributed by atoms with Crippen LogP contribution in [0.4, 0.5) is 0 Å². The fraction of sp³-hybridized carbons (Fsp3) is 0. The molecule has 0 fully saturated rings. The van der Waals surface area contributed by atoms with Crippen LogP contribution < -0.4 is 0 Å². The van der Waals surface area contributed by atoms with Crippen LogP contribution in [0.25, 0.3) is 26.6 Å². The van der Waals surface area contributed by atoms with Crippen molar-refractivity contribution in [2.24, 2.45) is 0 Å². The van der Waals surface area contributed by atoms with Crippen molar-refractivity contribution < 1.29 is 9.90 Å². The number of thiazole rings is 1. The van der Waals surface area contributed by atoms with Crippen molar-refractivity contribution in [3.05, 3.63) is 66.4 Å². The lowest BCUT2D eigenvalue weighted by molar-refractivity contribution is 0.0690. The van der Waals surface area contributed by atoms with Crippen LogP contribution in [-0.4, -0.2) is 25.8 Å². The third kappa shape index (κ3) is 2.39. The molecule has 0 saturated carbocycles. The minimum atomic E-state index is -1.05. The number of carbonyl (C=O) groups is 1. The van der Waals surface area contributed by atoms with Gasteiger partial charge >= 0.3 is 5.97 Å². The van der Waals surface area contributed by atoms with Gasteiger partial charge in [0.15, 0.2) is 5.69 Å². The van der Waals surface area contributed by atoms with Crippen molar-refractivity contribution in [3.8, 4) is 16.4 Å². The molecule has 23 heavy (non-hydrogen) atoms. The Bertz CT molecular complexity index is 972. The predicted molar refractivity (Wildman–Crippen MR) is 89.1 cm³/mol. The summed E-state index contributed by atoms with van der Waals surface area (Å²) in [4.78, 5) is 15.9. The summed E-state index contributed by atoms with van der Waals surface area (Å²) >= 11 is 1.48. The molecule has 112 valence electrons. The van der Waals surface area contributed by atoms with Crippen LogP contribution in [0.15, 0.2) is 60.7 Å². The Labute approximate surface area is 135 Å². The molecule has 0 saturated heterocycles. The zero-order valence-corrected chi connectivity index (χ0v) is 12.7. The van der Waals surface area contributed by atoms with Crippen LogP contribution >= 0.6 is 11.3 Å². The molecule has 0 radical (unpaired) electrons. The zero-order valence-electron chi connectivity index (χ0n) is 11.9. The molecular formula is C17H11N3O2S. The minimum absolute atomic E-state index is 0.00288. The summed E-state index contributed by atoms with van der Waals surface area (Å²) in [6.07, 6.45) is 0. The van der Waals surface area contributed by atoms with E-state index in [0.29, 0.717) is 10.8 Å². The molecule has 4 aromatic rings. The monoisotopic (exact) mass is 321 g/mol. The van der Waals surface area contributed by atoms with Gasteiger partial charge in [-0.05, 0) is 18.2 Å². The summed E-state index contributed by atoms with van der Waals surface area (Å²) in [7, 11) is 0. The van der Waals surface area contributed by atoms with Crippen molar-refractivity contribution in [2.45, 2.75) is 0 Å². The number of rotatable bonds is 3. The second-order valence-electron chi connectivity index (χ2n) is 4.96. The van der Waals surface area contributed by atoms with E-state index in [4.69, 9.17) is 0 Å². The largest absolute Gasteiger partial charge is 0.476 e. The van der Waals surface area contributed by atoms with Crippen LogP contribution in [0.2, 0.25) is 0 Å². The molecule has 0 aliphatic rings. The summed E-state index contributed by atoms with van der Waals surface area (Å²) < 4.78 is 2.64. The van der Waals surface area contributed by atoms with Crippen LogP contribution in [0.3, 0.4) is 0 Å². The molecule has 5 nitrogen and oxygen atoms in total. The number of hydrogen-bond donors (Lipinski definition) is 1. The van der Waals surface area contributed by atoms with Crippen LogP contribution in [-0.2, 0) is 0 Å². The molecule has 6 heteroatoms.